The number of alkyl halides is 3. The van der Waals surface area contributed by atoms with E-state index in [1.165, 1.54) is 18.2 Å². The average molecular weight is 341 g/mol. The zero-order chi connectivity index (χ0) is 15.5. The van der Waals surface area contributed by atoms with Crippen molar-refractivity contribution in [3.05, 3.63) is 23.8 Å². The molecule has 0 aliphatic carbocycles. The van der Waals surface area contributed by atoms with E-state index in [0.717, 1.165) is 0 Å². The maximum absolute atomic E-state index is 12.5. The van der Waals surface area contributed by atoms with E-state index in [-0.39, 0.29) is 30.3 Å². The molecule has 0 spiro atoms. The lowest BCUT2D eigenvalue weighted by molar-refractivity contribution is -0.138. The highest BCUT2D eigenvalue weighted by atomic mass is 35.5. The summed E-state index contributed by atoms with van der Waals surface area (Å²) in [5.41, 5.74) is 0.513. The van der Waals surface area contributed by atoms with Crippen LogP contribution in [-0.4, -0.2) is 47.5 Å². The molecule has 22 heavy (non-hydrogen) atoms. The Balaban J connectivity index is 0.00000242. The standard InChI is InChI=1S/C14H19F3N2O2.ClH/c15-14(16,17)2-1-13(19-5-3-18-4-6-19)10-7-11(20)9-12(21)8-10;/h7-9,13,18,20-21H,1-6H2;1H/t13-;/m0./s1. The van der Waals surface area contributed by atoms with Gasteiger partial charge in [0.25, 0.3) is 0 Å². The van der Waals surface area contributed by atoms with Gasteiger partial charge in [-0.15, -0.1) is 12.4 Å². The summed E-state index contributed by atoms with van der Waals surface area (Å²) in [6.45, 7) is 2.71. The molecule has 1 atom stereocenters. The number of hydrogen-bond donors (Lipinski definition) is 3. The fourth-order valence-corrected chi connectivity index (χ4v) is 2.66. The molecule has 0 bridgehead atoms. The highest BCUT2D eigenvalue weighted by molar-refractivity contribution is 5.85. The summed E-state index contributed by atoms with van der Waals surface area (Å²) in [7, 11) is 0. The summed E-state index contributed by atoms with van der Waals surface area (Å²) in [5.74, 6) is -0.283. The molecule has 3 N–H and O–H groups in total. The SMILES string of the molecule is Cl.Oc1cc(O)cc([C@H](CCC(F)(F)F)N2CCNCC2)c1. The largest absolute Gasteiger partial charge is 0.508 e. The molecule has 0 radical (unpaired) electrons. The summed E-state index contributed by atoms with van der Waals surface area (Å²) in [5, 5.41) is 22.3. The highest BCUT2D eigenvalue weighted by Crippen LogP contribution is 2.34. The first kappa shape index (κ1) is 18.9. The van der Waals surface area contributed by atoms with Crippen LogP contribution in [0.5, 0.6) is 11.5 Å². The number of aromatic hydroxyl groups is 2. The number of nitrogens with one attached hydrogen (secondary N) is 1. The maximum atomic E-state index is 12.5. The van der Waals surface area contributed by atoms with E-state index in [0.29, 0.717) is 31.7 Å². The number of hydrogen-bond acceptors (Lipinski definition) is 4. The Morgan fingerprint density at radius 3 is 2.14 bits per heavy atom. The van der Waals surface area contributed by atoms with Gasteiger partial charge < -0.3 is 15.5 Å². The smallest absolute Gasteiger partial charge is 0.389 e. The van der Waals surface area contributed by atoms with Crippen molar-refractivity contribution in [1.82, 2.24) is 10.2 Å². The topological polar surface area (TPSA) is 55.7 Å². The molecule has 0 amide bonds. The summed E-state index contributed by atoms with van der Waals surface area (Å²) >= 11 is 0. The van der Waals surface area contributed by atoms with Gasteiger partial charge in [-0.1, -0.05) is 0 Å². The monoisotopic (exact) mass is 340 g/mol. The van der Waals surface area contributed by atoms with Crippen molar-refractivity contribution in [3.63, 3.8) is 0 Å². The average Bonchev–Trinajstić information content (AvgIpc) is 2.37. The van der Waals surface area contributed by atoms with Crippen LogP contribution in [0.3, 0.4) is 0 Å². The van der Waals surface area contributed by atoms with Gasteiger partial charge in [-0.25, -0.2) is 0 Å². The van der Waals surface area contributed by atoms with E-state index in [1.807, 2.05) is 4.90 Å². The lowest BCUT2D eigenvalue weighted by Crippen LogP contribution is -2.45. The molecule has 1 fully saturated rings. The number of phenolic OH excluding ortho intramolecular Hbond substituents is 2. The van der Waals surface area contributed by atoms with Crippen LogP contribution >= 0.6 is 12.4 Å². The molecule has 0 unspecified atom stereocenters. The first-order valence-corrected chi connectivity index (χ1v) is 6.89. The molecular weight excluding hydrogens is 321 g/mol. The molecule has 1 aromatic carbocycles. The minimum Gasteiger partial charge on any atom is -0.508 e. The second-order valence-electron chi connectivity index (χ2n) is 5.24. The minimum absolute atomic E-state index is 0. The maximum Gasteiger partial charge on any atom is 0.389 e. The number of piperazine rings is 1. The van der Waals surface area contributed by atoms with Crippen molar-refractivity contribution in [1.29, 1.82) is 0 Å². The molecule has 1 heterocycles. The van der Waals surface area contributed by atoms with Crippen LogP contribution in [0.4, 0.5) is 13.2 Å². The third kappa shape index (κ3) is 5.55. The van der Waals surface area contributed by atoms with Crippen molar-refractivity contribution in [2.24, 2.45) is 0 Å². The van der Waals surface area contributed by atoms with Gasteiger partial charge >= 0.3 is 6.18 Å². The van der Waals surface area contributed by atoms with E-state index in [1.54, 1.807) is 0 Å². The number of rotatable bonds is 4. The zero-order valence-corrected chi connectivity index (χ0v) is 12.8. The van der Waals surface area contributed by atoms with Gasteiger partial charge in [0.15, 0.2) is 0 Å². The van der Waals surface area contributed by atoms with Gasteiger partial charge in [0.2, 0.25) is 0 Å². The fraction of sp³-hybridized carbons (Fsp3) is 0.571. The minimum atomic E-state index is -4.22. The third-order valence-electron chi connectivity index (χ3n) is 3.60. The Hall–Kier alpha value is -1.18. The van der Waals surface area contributed by atoms with Crippen LogP contribution < -0.4 is 5.32 Å². The van der Waals surface area contributed by atoms with Gasteiger partial charge in [-0.2, -0.15) is 13.2 Å². The predicted octanol–water partition coefficient (Wildman–Crippen LogP) is 2.81. The molecule has 0 aromatic heterocycles. The third-order valence-corrected chi connectivity index (χ3v) is 3.60. The second-order valence-corrected chi connectivity index (χ2v) is 5.24. The molecular formula is C14H20ClF3N2O2. The lowest BCUT2D eigenvalue weighted by atomic mass is 9.98. The van der Waals surface area contributed by atoms with Crippen molar-refractivity contribution < 1.29 is 23.4 Å². The van der Waals surface area contributed by atoms with E-state index >= 15 is 0 Å². The van der Waals surface area contributed by atoms with Crippen LogP contribution in [0.25, 0.3) is 0 Å². The van der Waals surface area contributed by atoms with Gasteiger partial charge in [-0.3, -0.25) is 4.90 Å². The first-order chi connectivity index (χ1) is 9.85. The molecule has 1 aliphatic rings. The van der Waals surface area contributed by atoms with Gasteiger partial charge in [0.05, 0.1) is 0 Å². The molecule has 2 rings (SSSR count). The van der Waals surface area contributed by atoms with E-state index < -0.39 is 18.6 Å². The normalized spacial score (nSPS) is 17.8. The summed E-state index contributed by atoms with van der Waals surface area (Å²) < 4.78 is 37.6. The van der Waals surface area contributed by atoms with E-state index in [4.69, 9.17) is 0 Å². The number of nitrogens with zero attached hydrogens (tertiary/aromatic N) is 1. The fourth-order valence-electron chi connectivity index (χ4n) is 2.66. The Kier molecular flexibility index (Phi) is 6.77. The quantitative estimate of drug-likeness (QED) is 0.789. The Morgan fingerprint density at radius 1 is 1.09 bits per heavy atom. The van der Waals surface area contributed by atoms with Crippen LogP contribution in [-0.2, 0) is 0 Å². The Morgan fingerprint density at radius 2 is 1.64 bits per heavy atom. The van der Waals surface area contributed by atoms with E-state index in [2.05, 4.69) is 5.32 Å². The Bertz CT molecular complexity index is 459. The zero-order valence-electron chi connectivity index (χ0n) is 11.9. The summed E-state index contributed by atoms with van der Waals surface area (Å²) in [6, 6.07) is 3.54. The Labute approximate surface area is 133 Å². The van der Waals surface area contributed by atoms with Gasteiger partial charge in [0.1, 0.15) is 11.5 Å². The van der Waals surface area contributed by atoms with Gasteiger partial charge in [0, 0.05) is 44.7 Å². The molecule has 0 saturated carbocycles. The molecule has 1 saturated heterocycles. The van der Waals surface area contributed by atoms with Crippen molar-refractivity contribution in [2.75, 3.05) is 26.2 Å². The van der Waals surface area contributed by atoms with Crippen LogP contribution in [0.1, 0.15) is 24.4 Å². The molecule has 8 heteroatoms. The molecule has 126 valence electrons. The van der Waals surface area contributed by atoms with Crippen molar-refractivity contribution in [2.45, 2.75) is 25.1 Å². The molecule has 1 aliphatic heterocycles. The number of benzene rings is 1. The molecule has 1 aromatic rings. The predicted molar refractivity (Wildman–Crippen MR) is 79.5 cm³/mol. The highest BCUT2D eigenvalue weighted by Gasteiger charge is 2.31. The molecule has 4 nitrogen and oxygen atoms in total. The van der Waals surface area contributed by atoms with Crippen LogP contribution in [0, 0.1) is 0 Å². The van der Waals surface area contributed by atoms with Gasteiger partial charge in [-0.05, 0) is 24.1 Å². The lowest BCUT2D eigenvalue weighted by Gasteiger charge is -2.35. The van der Waals surface area contributed by atoms with Crippen molar-refractivity contribution in [3.8, 4) is 11.5 Å². The number of phenols is 2. The summed E-state index contributed by atoms with van der Waals surface area (Å²) in [6.07, 6.45) is -5.20. The van der Waals surface area contributed by atoms with Crippen LogP contribution in [0.15, 0.2) is 18.2 Å². The van der Waals surface area contributed by atoms with Crippen LogP contribution in [0.2, 0.25) is 0 Å². The second kappa shape index (κ2) is 7.89. The number of halogens is 4. The van der Waals surface area contributed by atoms with Crippen molar-refractivity contribution >= 4 is 12.4 Å². The summed E-state index contributed by atoms with van der Waals surface area (Å²) in [4.78, 5) is 1.95. The first-order valence-electron chi connectivity index (χ1n) is 6.89. The van der Waals surface area contributed by atoms with E-state index in [9.17, 15) is 23.4 Å².